The Morgan fingerprint density at radius 1 is 0.882 bits per heavy atom. The van der Waals surface area contributed by atoms with Gasteiger partial charge in [0.2, 0.25) is 5.75 Å². The van der Waals surface area contributed by atoms with E-state index in [1.165, 1.54) is 18.2 Å². The van der Waals surface area contributed by atoms with Crippen molar-refractivity contribution in [2.75, 3.05) is 7.11 Å². The Morgan fingerprint density at radius 3 is 2.12 bits per heavy atom. The SMILES string of the molecule is COc1cccc(Oc2c(O)cccc2O)c1. The van der Waals surface area contributed by atoms with Gasteiger partial charge in [-0.2, -0.15) is 0 Å². The molecule has 0 aromatic heterocycles. The summed E-state index contributed by atoms with van der Waals surface area (Å²) in [5.41, 5.74) is 0. The third-order valence-corrected chi connectivity index (χ3v) is 2.23. The van der Waals surface area contributed by atoms with E-state index in [1.54, 1.807) is 31.4 Å². The van der Waals surface area contributed by atoms with Crippen molar-refractivity contribution in [1.82, 2.24) is 0 Å². The molecule has 2 rings (SSSR count). The molecule has 0 unspecified atom stereocenters. The smallest absolute Gasteiger partial charge is 0.210 e. The van der Waals surface area contributed by atoms with Crippen molar-refractivity contribution in [1.29, 1.82) is 0 Å². The Labute approximate surface area is 98.7 Å². The predicted octanol–water partition coefficient (Wildman–Crippen LogP) is 2.90. The molecule has 0 amide bonds. The number of ether oxygens (including phenoxy) is 2. The topological polar surface area (TPSA) is 58.9 Å². The maximum absolute atomic E-state index is 9.56. The number of aromatic hydroxyl groups is 2. The summed E-state index contributed by atoms with van der Waals surface area (Å²) in [7, 11) is 1.55. The lowest BCUT2D eigenvalue weighted by Gasteiger charge is -2.09. The average Bonchev–Trinajstić information content (AvgIpc) is 2.34. The van der Waals surface area contributed by atoms with Crippen LogP contribution in [0.3, 0.4) is 0 Å². The summed E-state index contributed by atoms with van der Waals surface area (Å²) >= 11 is 0. The first-order valence-corrected chi connectivity index (χ1v) is 5.03. The minimum atomic E-state index is -0.118. The highest BCUT2D eigenvalue weighted by atomic mass is 16.5. The molecule has 0 spiro atoms. The number of methoxy groups -OCH3 is 1. The van der Waals surface area contributed by atoms with Crippen molar-refractivity contribution in [3.8, 4) is 28.7 Å². The number of phenols is 2. The summed E-state index contributed by atoms with van der Waals surface area (Å²) in [6.07, 6.45) is 0. The van der Waals surface area contributed by atoms with Gasteiger partial charge in [0.1, 0.15) is 11.5 Å². The van der Waals surface area contributed by atoms with Gasteiger partial charge in [-0.1, -0.05) is 12.1 Å². The second-order valence-electron chi connectivity index (χ2n) is 3.41. The van der Waals surface area contributed by atoms with Crippen LogP contribution in [0.5, 0.6) is 28.7 Å². The van der Waals surface area contributed by atoms with Crippen LogP contribution in [0.1, 0.15) is 0 Å². The number of para-hydroxylation sites is 1. The fraction of sp³-hybridized carbons (Fsp3) is 0.0769. The summed E-state index contributed by atoms with van der Waals surface area (Å²) in [5, 5.41) is 19.1. The molecule has 4 nitrogen and oxygen atoms in total. The van der Waals surface area contributed by atoms with Crippen LogP contribution in [0.25, 0.3) is 0 Å². The zero-order valence-corrected chi connectivity index (χ0v) is 9.25. The normalized spacial score (nSPS) is 9.94. The van der Waals surface area contributed by atoms with Crippen molar-refractivity contribution >= 4 is 0 Å². The maximum Gasteiger partial charge on any atom is 0.210 e. The minimum absolute atomic E-state index is 0.0285. The fourth-order valence-corrected chi connectivity index (χ4v) is 1.40. The Morgan fingerprint density at radius 2 is 1.47 bits per heavy atom. The van der Waals surface area contributed by atoms with Crippen LogP contribution >= 0.6 is 0 Å². The second-order valence-corrected chi connectivity index (χ2v) is 3.41. The molecule has 0 fully saturated rings. The van der Waals surface area contributed by atoms with Crippen molar-refractivity contribution in [2.24, 2.45) is 0 Å². The van der Waals surface area contributed by atoms with Gasteiger partial charge < -0.3 is 19.7 Å². The second kappa shape index (κ2) is 4.65. The highest BCUT2D eigenvalue weighted by molar-refractivity contribution is 5.51. The van der Waals surface area contributed by atoms with E-state index in [4.69, 9.17) is 9.47 Å². The van der Waals surface area contributed by atoms with Crippen LogP contribution < -0.4 is 9.47 Å². The standard InChI is InChI=1S/C13H12O4/c1-16-9-4-2-5-10(8-9)17-13-11(14)6-3-7-12(13)15/h2-8,14-15H,1H3. The molecule has 4 heteroatoms. The zero-order valence-electron chi connectivity index (χ0n) is 9.25. The molecule has 0 radical (unpaired) electrons. The van der Waals surface area contributed by atoms with E-state index < -0.39 is 0 Å². The molecule has 0 saturated carbocycles. The number of rotatable bonds is 3. The molecule has 88 valence electrons. The van der Waals surface area contributed by atoms with Gasteiger partial charge in [-0.3, -0.25) is 0 Å². The first-order valence-electron chi connectivity index (χ1n) is 5.03. The molecule has 0 saturated heterocycles. The highest BCUT2D eigenvalue weighted by Gasteiger charge is 2.09. The van der Waals surface area contributed by atoms with Gasteiger partial charge in [-0.25, -0.2) is 0 Å². The summed E-state index contributed by atoms with van der Waals surface area (Å²) < 4.78 is 10.5. The number of benzene rings is 2. The Kier molecular flexibility index (Phi) is 3.05. The molecule has 0 bridgehead atoms. The van der Waals surface area contributed by atoms with Gasteiger partial charge in [-0.05, 0) is 24.3 Å². The molecule has 2 aromatic carbocycles. The Bertz CT molecular complexity index is 502. The number of hydrogen-bond acceptors (Lipinski definition) is 4. The fourth-order valence-electron chi connectivity index (χ4n) is 1.40. The zero-order chi connectivity index (χ0) is 12.3. The van der Waals surface area contributed by atoms with Gasteiger partial charge in [0.25, 0.3) is 0 Å². The van der Waals surface area contributed by atoms with Crippen LogP contribution in [0.4, 0.5) is 0 Å². The predicted molar refractivity (Wildman–Crippen MR) is 62.8 cm³/mol. The molecule has 0 atom stereocenters. The third kappa shape index (κ3) is 2.42. The molecule has 0 aliphatic rings. The minimum Gasteiger partial charge on any atom is -0.504 e. The molecular formula is C13H12O4. The van der Waals surface area contributed by atoms with Crippen LogP contribution in [-0.2, 0) is 0 Å². The summed E-state index contributed by atoms with van der Waals surface area (Å²) in [4.78, 5) is 0. The van der Waals surface area contributed by atoms with Gasteiger partial charge in [0, 0.05) is 6.07 Å². The van der Waals surface area contributed by atoms with E-state index >= 15 is 0 Å². The highest BCUT2D eigenvalue weighted by Crippen LogP contribution is 2.38. The lowest BCUT2D eigenvalue weighted by Crippen LogP contribution is -1.87. The van der Waals surface area contributed by atoms with E-state index in [0.29, 0.717) is 11.5 Å². The van der Waals surface area contributed by atoms with Gasteiger partial charge in [0.15, 0.2) is 11.5 Å². The molecule has 2 aromatic rings. The van der Waals surface area contributed by atoms with E-state index in [9.17, 15) is 10.2 Å². The number of phenolic OH excluding ortho intramolecular Hbond substituents is 2. The molecule has 0 aliphatic carbocycles. The van der Waals surface area contributed by atoms with E-state index in [0.717, 1.165) is 0 Å². The third-order valence-electron chi connectivity index (χ3n) is 2.23. The van der Waals surface area contributed by atoms with Crippen LogP contribution in [0.15, 0.2) is 42.5 Å². The van der Waals surface area contributed by atoms with Gasteiger partial charge in [-0.15, -0.1) is 0 Å². The summed E-state index contributed by atoms with van der Waals surface area (Å²) in [6, 6.07) is 11.3. The Balaban J connectivity index is 2.31. The van der Waals surface area contributed by atoms with Crippen LogP contribution in [0, 0.1) is 0 Å². The molecule has 0 heterocycles. The maximum atomic E-state index is 9.56. The van der Waals surface area contributed by atoms with E-state index in [-0.39, 0.29) is 17.2 Å². The average molecular weight is 232 g/mol. The molecule has 17 heavy (non-hydrogen) atoms. The van der Waals surface area contributed by atoms with Crippen LogP contribution in [-0.4, -0.2) is 17.3 Å². The van der Waals surface area contributed by atoms with Crippen LogP contribution in [0.2, 0.25) is 0 Å². The lowest BCUT2D eigenvalue weighted by molar-refractivity contribution is 0.372. The van der Waals surface area contributed by atoms with Gasteiger partial charge >= 0.3 is 0 Å². The monoisotopic (exact) mass is 232 g/mol. The quantitative estimate of drug-likeness (QED) is 0.854. The van der Waals surface area contributed by atoms with E-state index in [1.807, 2.05) is 0 Å². The van der Waals surface area contributed by atoms with Crippen molar-refractivity contribution in [3.63, 3.8) is 0 Å². The summed E-state index contributed by atoms with van der Waals surface area (Å²) in [6.45, 7) is 0. The Hall–Kier alpha value is -2.36. The van der Waals surface area contributed by atoms with Gasteiger partial charge in [0.05, 0.1) is 7.11 Å². The molecule has 0 aliphatic heterocycles. The molecule has 2 N–H and O–H groups in total. The largest absolute Gasteiger partial charge is 0.504 e. The van der Waals surface area contributed by atoms with E-state index in [2.05, 4.69) is 0 Å². The van der Waals surface area contributed by atoms with Crippen molar-refractivity contribution < 1.29 is 19.7 Å². The number of hydrogen-bond donors (Lipinski definition) is 2. The van der Waals surface area contributed by atoms with Crippen molar-refractivity contribution in [3.05, 3.63) is 42.5 Å². The molecular weight excluding hydrogens is 220 g/mol. The lowest BCUT2D eigenvalue weighted by atomic mass is 10.3. The first kappa shape index (κ1) is 11.1. The first-order chi connectivity index (χ1) is 8.20. The van der Waals surface area contributed by atoms with Crippen molar-refractivity contribution in [2.45, 2.75) is 0 Å². The summed E-state index contributed by atoms with van der Waals surface area (Å²) in [5.74, 6) is 0.903.